The lowest BCUT2D eigenvalue weighted by Gasteiger charge is -2.33. The summed E-state index contributed by atoms with van der Waals surface area (Å²) in [5.74, 6) is 2.60. The zero-order chi connectivity index (χ0) is 24.9. The Balaban J connectivity index is 1.25. The van der Waals surface area contributed by atoms with Crippen LogP contribution in [0.25, 0.3) is 10.9 Å². The molecule has 186 valence electrons. The Morgan fingerprint density at radius 2 is 1.69 bits per heavy atom. The first-order valence-electron chi connectivity index (χ1n) is 12.3. The first kappa shape index (κ1) is 23.8. The van der Waals surface area contributed by atoms with E-state index in [0.717, 1.165) is 53.7 Å². The number of fused-ring (bicyclic) bond motifs is 1. The van der Waals surface area contributed by atoms with E-state index in [0.29, 0.717) is 23.6 Å². The highest BCUT2D eigenvalue weighted by molar-refractivity contribution is 5.82. The van der Waals surface area contributed by atoms with Crippen molar-refractivity contribution >= 4 is 34.0 Å². The summed E-state index contributed by atoms with van der Waals surface area (Å²) in [5, 5.41) is 7.64. The van der Waals surface area contributed by atoms with Gasteiger partial charge in [0.15, 0.2) is 11.5 Å². The van der Waals surface area contributed by atoms with Crippen LogP contribution in [0.5, 0.6) is 11.5 Å². The molecule has 1 aliphatic rings. The Labute approximate surface area is 211 Å². The number of nitrogens with one attached hydrogen (secondary N) is 2. The lowest BCUT2D eigenvalue weighted by Crippen LogP contribution is -2.35. The van der Waals surface area contributed by atoms with Gasteiger partial charge in [-0.3, -0.25) is 4.98 Å². The molecule has 1 fully saturated rings. The summed E-state index contributed by atoms with van der Waals surface area (Å²) in [7, 11) is 5.96. The molecule has 2 N–H and O–H groups in total. The number of benzene rings is 2. The highest BCUT2D eigenvalue weighted by Crippen LogP contribution is 2.34. The number of anilines is 4. The van der Waals surface area contributed by atoms with Gasteiger partial charge in [0.1, 0.15) is 5.82 Å². The van der Waals surface area contributed by atoms with Gasteiger partial charge in [-0.2, -0.15) is 4.98 Å². The Morgan fingerprint density at radius 3 is 2.50 bits per heavy atom. The van der Waals surface area contributed by atoms with Gasteiger partial charge in [0.25, 0.3) is 0 Å². The number of rotatable bonds is 8. The molecule has 0 unspecified atom stereocenters. The summed E-state index contributed by atoms with van der Waals surface area (Å²) in [6.07, 6.45) is 8.12. The number of hydrogen-bond acceptors (Lipinski definition) is 8. The van der Waals surface area contributed by atoms with Crippen LogP contribution in [0, 0.1) is 0 Å². The van der Waals surface area contributed by atoms with E-state index >= 15 is 0 Å². The van der Waals surface area contributed by atoms with Crippen LogP contribution in [-0.2, 0) is 0 Å². The molecule has 2 aromatic carbocycles. The van der Waals surface area contributed by atoms with E-state index in [1.165, 1.54) is 0 Å². The molecule has 0 atom stereocenters. The van der Waals surface area contributed by atoms with Gasteiger partial charge in [-0.05, 0) is 70.1 Å². The van der Waals surface area contributed by atoms with Crippen LogP contribution in [0.1, 0.15) is 25.7 Å². The van der Waals surface area contributed by atoms with E-state index in [-0.39, 0.29) is 6.10 Å². The molecule has 8 heteroatoms. The highest BCUT2D eigenvalue weighted by Gasteiger charge is 2.24. The Hall–Kier alpha value is -3.91. The van der Waals surface area contributed by atoms with Crippen molar-refractivity contribution in [2.75, 3.05) is 31.8 Å². The third-order valence-electron chi connectivity index (χ3n) is 6.61. The molecular weight excluding hydrogens is 452 g/mol. The van der Waals surface area contributed by atoms with Crippen LogP contribution in [0.15, 0.2) is 67.0 Å². The molecule has 0 radical (unpaired) electrons. The number of methoxy groups -OCH3 is 1. The van der Waals surface area contributed by atoms with Gasteiger partial charge in [-0.25, -0.2) is 4.98 Å². The third kappa shape index (κ3) is 5.66. The average Bonchev–Trinajstić information content (AvgIpc) is 2.90. The summed E-state index contributed by atoms with van der Waals surface area (Å²) in [5.41, 5.74) is 2.64. The van der Waals surface area contributed by atoms with E-state index in [2.05, 4.69) is 44.6 Å². The van der Waals surface area contributed by atoms with Crippen LogP contribution in [0.3, 0.4) is 0 Å². The van der Waals surface area contributed by atoms with Crippen molar-refractivity contribution in [3.05, 3.63) is 67.0 Å². The van der Waals surface area contributed by atoms with Crippen molar-refractivity contribution in [1.29, 1.82) is 0 Å². The third-order valence-corrected chi connectivity index (χ3v) is 6.61. The van der Waals surface area contributed by atoms with Gasteiger partial charge in [0.05, 0.1) is 30.6 Å². The largest absolute Gasteiger partial charge is 0.493 e. The number of ether oxygens (including phenoxy) is 2. The van der Waals surface area contributed by atoms with Crippen LogP contribution in [0.4, 0.5) is 23.1 Å². The molecule has 1 aliphatic carbocycles. The minimum Gasteiger partial charge on any atom is -0.493 e. The molecule has 0 bridgehead atoms. The van der Waals surface area contributed by atoms with Gasteiger partial charge in [-0.1, -0.05) is 18.2 Å². The molecular formula is C28H32N6O2. The molecule has 0 aliphatic heterocycles. The molecule has 2 heterocycles. The van der Waals surface area contributed by atoms with Crippen LogP contribution < -0.4 is 20.1 Å². The minimum absolute atomic E-state index is 0.213. The zero-order valence-electron chi connectivity index (χ0n) is 20.9. The molecule has 5 rings (SSSR count). The van der Waals surface area contributed by atoms with E-state index in [1.807, 2.05) is 54.6 Å². The molecule has 8 nitrogen and oxygen atoms in total. The van der Waals surface area contributed by atoms with E-state index in [9.17, 15) is 0 Å². The molecule has 0 amide bonds. The fraction of sp³-hybridized carbons (Fsp3) is 0.321. The molecule has 0 saturated heterocycles. The lowest BCUT2D eigenvalue weighted by atomic mass is 9.92. The minimum atomic E-state index is 0.213. The SMILES string of the molecule is COc1cc(Nc2nccc(Nc3cnc4ccccc4c3)n2)ccc1OC1CCC(N(C)C)CC1. The topological polar surface area (TPSA) is 84.4 Å². The Morgan fingerprint density at radius 1 is 0.861 bits per heavy atom. The first-order valence-corrected chi connectivity index (χ1v) is 12.3. The molecule has 36 heavy (non-hydrogen) atoms. The molecule has 4 aromatic rings. The first-order chi connectivity index (χ1) is 17.6. The van der Waals surface area contributed by atoms with Crippen molar-refractivity contribution in [1.82, 2.24) is 19.9 Å². The van der Waals surface area contributed by atoms with Crippen LogP contribution >= 0.6 is 0 Å². The Kier molecular flexibility index (Phi) is 7.13. The standard InChI is InChI=1S/C28H32N6O2/c1-34(2)22-9-11-23(12-10-22)36-25-13-8-20(17-26(25)35-3)32-28-29-15-14-27(33-28)31-21-16-19-6-4-5-7-24(19)30-18-21/h4-8,13-18,22-23H,9-12H2,1-3H3,(H2,29,31,32,33). The van der Waals surface area contributed by atoms with Gasteiger partial charge >= 0.3 is 0 Å². The number of para-hydroxylation sites is 1. The van der Waals surface area contributed by atoms with Crippen LogP contribution in [0.2, 0.25) is 0 Å². The summed E-state index contributed by atoms with van der Waals surface area (Å²) < 4.78 is 11.9. The molecule has 0 spiro atoms. The summed E-state index contributed by atoms with van der Waals surface area (Å²) in [6.45, 7) is 0. The number of aromatic nitrogens is 3. The predicted molar refractivity (Wildman–Crippen MR) is 144 cm³/mol. The second-order valence-corrected chi connectivity index (χ2v) is 9.31. The maximum atomic E-state index is 6.31. The van der Waals surface area contributed by atoms with Gasteiger partial charge in [-0.15, -0.1) is 0 Å². The van der Waals surface area contributed by atoms with Crippen molar-refractivity contribution in [2.24, 2.45) is 0 Å². The monoisotopic (exact) mass is 484 g/mol. The number of hydrogen-bond donors (Lipinski definition) is 2. The van der Waals surface area contributed by atoms with Gasteiger partial charge in [0.2, 0.25) is 5.95 Å². The maximum Gasteiger partial charge on any atom is 0.229 e. The highest BCUT2D eigenvalue weighted by atomic mass is 16.5. The van der Waals surface area contributed by atoms with Crippen molar-refractivity contribution in [3.8, 4) is 11.5 Å². The normalized spacial score (nSPS) is 17.7. The Bertz CT molecular complexity index is 1320. The van der Waals surface area contributed by atoms with E-state index < -0.39 is 0 Å². The van der Waals surface area contributed by atoms with Crippen molar-refractivity contribution < 1.29 is 9.47 Å². The average molecular weight is 485 g/mol. The second kappa shape index (κ2) is 10.8. The zero-order valence-corrected chi connectivity index (χ0v) is 20.9. The van der Waals surface area contributed by atoms with Crippen molar-refractivity contribution in [2.45, 2.75) is 37.8 Å². The summed E-state index contributed by atoms with van der Waals surface area (Å²) in [4.78, 5) is 15.8. The number of nitrogens with zero attached hydrogens (tertiary/aromatic N) is 4. The maximum absolute atomic E-state index is 6.31. The van der Waals surface area contributed by atoms with E-state index in [1.54, 1.807) is 19.5 Å². The quantitative estimate of drug-likeness (QED) is 0.326. The predicted octanol–water partition coefficient (Wildman–Crippen LogP) is 5.77. The molecule has 2 aromatic heterocycles. The fourth-order valence-corrected chi connectivity index (χ4v) is 4.61. The fourth-order valence-electron chi connectivity index (χ4n) is 4.61. The number of pyridine rings is 1. The van der Waals surface area contributed by atoms with Crippen LogP contribution in [-0.4, -0.2) is 53.2 Å². The van der Waals surface area contributed by atoms with Crippen molar-refractivity contribution in [3.63, 3.8) is 0 Å². The lowest BCUT2D eigenvalue weighted by molar-refractivity contribution is 0.108. The van der Waals surface area contributed by atoms with E-state index in [4.69, 9.17) is 9.47 Å². The molecule has 1 saturated carbocycles. The summed E-state index contributed by atoms with van der Waals surface area (Å²) >= 11 is 0. The smallest absolute Gasteiger partial charge is 0.229 e. The van der Waals surface area contributed by atoms with Gasteiger partial charge in [0, 0.05) is 29.4 Å². The summed E-state index contributed by atoms with van der Waals surface area (Å²) in [6, 6.07) is 18.3. The second-order valence-electron chi connectivity index (χ2n) is 9.31. The van der Waals surface area contributed by atoms with Gasteiger partial charge < -0.3 is 25.0 Å².